The van der Waals surface area contributed by atoms with E-state index in [1.165, 1.54) is 51.6 Å². The molecule has 3 fully saturated rings. The average Bonchev–Trinajstić information content (AvgIpc) is 2.92. The first-order valence-corrected chi connectivity index (χ1v) is 8.19. The molecule has 4 unspecified atom stereocenters. The Bertz CT molecular complexity index is 278. The quantitative estimate of drug-likeness (QED) is 0.805. The average molecular weight is 250 g/mol. The molecule has 2 heterocycles. The van der Waals surface area contributed by atoms with Crippen molar-refractivity contribution in [3.63, 3.8) is 0 Å². The number of fused-ring (bicyclic) bond motifs is 2. The summed E-state index contributed by atoms with van der Waals surface area (Å²) in [7, 11) is 0. The van der Waals surface area contributed by atoms with Gasteiger partial charge in [-0.2, -0.15) is 0 Å². The molecule has 6 atom stereocenters. The number of piperidine rings is 1. The molecule has 0 spiro atoms. The van der Waals surface area contributed by atoms with Gasteiger partial charge in [0, 0.05) is 12.1 Å². The van der Waals surface area contributed by atoms with Crippen molar-refractivity contribution in [2.75, 3.05) is 13.1 Å². The van der Waals surface area contributed by atoms with Gasteiger partial charge < -0.3 is 10.6 Å². The topological polar surface area (TPSA) is 24.1 Å². The smallest absolute Gasteiger partial charge is 0.00732 e. The summed E-state index contributed by atoms with van der Waals surface area (Å²) in [6.45, 7) is 7.47. The van der Waals surface area contributed by atoms with Gasteiger partial charge in [0.15, 0.2) is 0 Å². The minimum absolute atomic E-state index is 0.803. The molecule has 18 heavy (non-hydrogen) atoms. The van der Waals surface area contributed by atoms with Crippen LogP contribution in [0, 0.1) is 23.7 Å². The van der Waals surface area contributed by atoms with Gasteiger partial charge in [-0.05, 0) is 75.3 Å². The lowest BCUT2D eigenvalue weighted by atomic mass is 9.80. The van der Waals surface area contributed by atoms with Crippen LogP contribution in [0.4, 0.5) is 0 Å². The van der Waals surface area contributed by atoms with Gasteiger partial charge in [0.05, 0.1) is 0 Å². The molecule has 3 aliphatic rings. The fourth-order valence-electron chi connectivity index (χ4n) is 4.66. The van der Waals surface area contributed by atoms with Crippen LogP contribution in [0.2, 0.25) is 0 Å². The van der Waals surface area contributed by atoms with E-state index in [0.717, 1.165) is 35.8 Å². The molecule has 2 nitrogen and oxygen atoms in total. The van der Waals surface area contributed by atoms with E-state index < -0.39 is 0 Å². The zero-order valence-corrected chi connectivity index (χ0v) is 12.1. The van der Waals surface area contributed by atoms with Crippen molar-refractivity contribution in [3.8, 4) is 0 Å². The lowest BCUT2D eigenvalue weighted by molar-refractivity contribution is 0.222. The summed E-state index contributed by atoms with van der Waals surface area (Å²) >= 11 is 0. The third-order valence-electron chi connectivity index (χ3n) is 5.88. The van der Waals surface area contributed by atoms with Crippen LogP contribution in [0.3, 0.4) is 0 Å². The van der Waals surface area contributed by atoms with E-state index in [4.69, 9.17) is 0 Å². The Morgan fingerprint density at radius 1 is 1.11 bits per heavy atom. The van der Waals surface area contributed by atoms with E-state index >= 15 is 0 Å². The van der Waals surface area contributed by atoms with Crippen LogP contribution in [0.1, 0.15) is 52.4 Å². The van der Waals surface area contributed by atoms with E-state index in [1.807, 2.05) is 0 Å². The lowest BCUT2D eigenvalue weighted by Gasteiger charge is -2.31. The SMILES string of the molecule is CC1CCNC(CC(C)C2C[C@H]3C[C@@H]2CN3)CC1. The number of nitrogens with one attached hydrogen (secondary N) is 2. The van der Waals surface area contributed by atoms with Gasteiger partial charge in [-0.25, -0.2) is 0 Å². The van der Waals surface area contributed by atoms with Crippen LogP contribution in [0.25, 0.3) is 0 Å². The van der Waals surface area contributed by atoms with E-state index in [-0.39, 0.29) is 0 Å². The third-order valence-corrected chi connectivity index (χ3v) is 5.88. The zero-order valence-electron chi connectivity index (χ0n) is 12.1. The maximum atomic E-state index is 3.79. The Kier molecular flexibility index (Phi) is 3.95. The molecule has 0 aromatic carbocycles. The zero-order chi connectivity index (χ0) is 12.5. The summed E-state index contributed by atoms with van der Waals surface area (Å²) in [6, 6.07) is 1.67. The normalized spacial score (nSPS) is 46.0. The predicted molar refractivity (Wildman–Crippen MR) is 76.6 cm³/mol. The van der Waals surface area contributed by atoms with Gasteiger partial charge >= 0.3 is 0 Å². The molecule has 104 valence electrons. The van der Waals surface area contributed by atoms with Crippen molar-refractivity contribution in [1.29, 1.82) is 0 Å². The molecular weight excluding hydrogens is 220 g/mol. The maximum absolute atomic E-state index is 3.79. The van der Waals surface area contributed by atoms with Crippen molar-refractivity contribution in [2.45, 2.75) is 64.5 Å². The third kappa shape index (κ3) is 2.75. The van der Waals surface area contributed by atoms with Crippen LogP contribution in [-0.2, 0) is 0 Å². The molecule has 3 rings (SSSR count). The monoisotopic (exact) mass is 250 g/mol. The molecule has 0 amide bonds. The Morgan fingerprint density at radius 2 is 2.00 bits per heavy atom. The standard InChI is InChI=1S/C16H30N2/c1-11-3-4-14(17-6-5-11)7-12(2)16-9-15-8-13(16)10-18-15/h11-18H,3-10H2,1-2H3/t11?,12?,13-,14?,15-,16?/m1/s1. The van der Waals surface area contributed by atoms with Gasteiger partial charge in [-0.15, -0.1) is 0 Å². The van der Waals surface area contributed by atoms with Crippen molar-refractivity contribution >= 4 is 0 Å². The molecule has 2 aliphatic heterocycles. The van der Waals surface area contributed by atoms with E-state index in [1.54, 1.807) is 0 Å². The van der Waals surface area contributed by atoms with Crippen molar-refractivity contribution in [2.24, 2.45) is 23.7 Å². The highest BCUT2D eigenvalue weighted by Gasteiger charge is 2.41. The summed E-state index contributed by atoms with van der Waals surface area (Å²) in [5.41, 5.74) is 0. The van der Waals surface area contributed by atoms with Crippen molar-refractivity contribution in [3.05, 3.63) is 0 Å². The molecular formula is C16H30N2. The minimum atomic E-state index is 0.803. The number of rotatable bonds is 3. The Balaban J connectivity index is 1.49. The first-order valence-electron chi connectivity index (χ1n) is 8.19. The highest BCUT2D eigenvalue weighted by Crippen LogP contribution is 2.42. The van der Waals surface area contributed by atoms with E-state index in [0.29, 0.717) is 0 Å². The first kappa shape index (κ1) is 12.9. The van der Waals surface area contributed by atoms with Crippen LogP contribution in [0.15, 0.2) is 0 Å². The second kappa shape index (κ2) is 5.50. The molecule has 1 saturated carbocycles. The highest BCUT2D eigenvalue weighted by atomic mass is 15.0. The van der Waals surface area contributed by atoms with Gasteiger partial charge in [0.2, 0.25) is 0 Å². The van der Waals surface area contributed by atoms with Gasteiger partial charge in [0.1, 0.15) is 0 Å². The molecule has 0 radical (unpaired) electrons. The van der Waals surface area contributed by atoms with Crippen LogP contribution in [-0.4, -0.2) is 25.2 Å². The minimum Gasteiger partial charge on any atom is -0.314 e. The Hall–Kier alpha value is -0.0800. The predicted octanol–water partition coefficient (Wildman–Crippen LogP) is 2.79. The number of hydrogen-bond donors (Lipinski definition) is 2. The van der Waals surface area contributed by atoms with Gasteiger partial charge in [-0.1, -0.05) is 13.8 Å². The lowest BCUT2D eigenvalue weighted by Crippen LogP contribution is -2.36. The van der Waals surface area contributed by atoms with E-state index in [9.17, 15) is 0 Å². The first-order chi connectivity index (χ1) is 8.72. The van der Waals surface area contributed by atoms with Crippen molar-refractivity contribution in [1.82, 2.24) is 10.6 Å². The molecule has 2 heteroatoms. The van der Waals surface area contributed by atoms with Gasteiger partial charge in [0.25, 0.3) is 0 Å². The molecule has 2 bridgehead atoms. The Morgan fingerprint density at radius 3 is 2.72 bits per heavy atom. The summed E-state index contributed by atoms with van der Waals surface area (Å²) in [5.74, 6) is 3.87. The second-order valence-corrected chi connectivity index (χ2v) is 7.34. The summed E-state index contributed by atoms with van der Waals surface area (Å²) in [5, 5.41) is 7.44. The van der Waals surface area contributed by atoms with Crippen LogP contribution >= 0.6 is 0 Å². The summed E-state index contributed by atoms with van der Waals surface area (Å²) in [6.07, 6.45) is 8.55. The summed E-state index contributed by atoms with van der Waals surface area (Å²) in [4.78, 5) is 0. The second-order valence-electron chi connectivity index (χ2n) is 7.34. The largest absolute Gasteiger partial charge is 0.314 e. The summed E-state index contributed by atoms with van der Waals surface area (Å²) < 4.78 is 0. The van der Waals surface area contributed by atoms with Crippen molar-refractivity contribution < 1.29 is 0 Å². The molecule has 2 saturated heterocycles. The maximum Gasteiger partial charge on any atom is 0.00732 e. The van der Waals surface area contributed by atoms with Crippen LogP contribution in [0.5, 0.6) is 0 Å². The van der Waals surface area contributed by atoms with E-state index in [2.05, 4.69) is 24.5 Å². The molecule has 1 aliphatic carbocycles. The molecule has 0 aromatic heterocycles. The fraction of sp³-hybridized carbons (Fsp3) is 1.00. The van der Waals surface area contributed by atoms with Crippen LogP contribution < -0.4 is 10.6 Å². The molecule has 0 aromatic rings. The Labute approximate surface area is 112 Å². The highest BCUT2D eigenvalue weighted by molar-refractivity contribution is 4.97. The van der Waals surface area contributed by atoms with Gasteiger partial charge in [-0.3, -0.25) is 0 Å². The number of hydrogen-bond acceptors (Lipinski definition) is 2. The fourth-order valence-corrected chi connectivity index (χ4v) is 4.66. The molecule has 2 N–H and O–H groups in total.